The van der Waals surface area contributed by atoms with Crippen LogP contribution in [0.2, 0.25) is 0 Å². The molecule has 1 heterocycles. The van der Waals surface area contributed by atoms with E-state index in [1.54, 1.807) is 11.9 Å². The molecule has 0 aliphatic carbocycles. The van der Waals surface area contributed by atoms with Crippen molar-refractivity contribution in [3.8, 4) is 0 Å². The van der Waals surface area contributed by atoms with Crippen molar-refractivity contribution in [2.45, 2.75) is 39.2 Å². The molecule has 1 aliphatic rings. The molecule has 4 nitrogen and oxygen atoms in total. The quantitative estimate of drug-likeness (QED) is 0.644. The Morgan fingerprint density at radius 1 is 1.38 bits per heavy atom. The molecule has 0 spiro atoms. The van der Waals surface area contributed by atoms with Gasteiger partial charge in [0.25, 0.3) is 0 Å². The molecule has 0 bridgehead atoms. The summed E-state index contributed by atoms with van der Waals surface area (Å²) in [5.41, 5.74) is -0.404. The lowest BCUT2D eigenvalue weighted by Crippen LogP contribution is -2.41. The molecule has 0 radical (unpaired) electrons. The van der Waals surface area contributed by atoms with Crippen molar-refractivity contribution in [1.82, 2.24) is 4.90 Å². The van der Waals surface area contributed by atoms with Crippen molar-refractivity contribution in [1.29, 1.82) is 0 Å². The fraction of sp³-hybridized carbons (Fsp3) is 0.833. The molecule has 92 valence electrons. The number of hydrogen-bond donors (Lipinski definition) is 0. The topological polar surface area (TPSA) is 41.9 Å². The van der Waals surface area contributed by atoms with Crippen LogP contribution in [-0.2, 0) is 4.74 Å². The summed E-state index contributed by atoms with van der Waals surface area (Å²) < 4.78 is 5.33. The summed E-state index contributed by atoms with van der Waals surface area (Å²) in [6.45, 7) is 7.21. The van der Waals surface area contributed by atoms with Crippen LogP contribution in [0.25, 0.3) is 0 Å². The van der Waals surface area contributed by atoms with Gasteiger partial charge in [-0.15, -0.1) is 0 Å². The third-order valence-corrected chi connectivity index (χ3v) is 2.55. The number of carbonyl (C=O) groups is 1. The highest BCUT2D eigenvalue weighted by Crippen LogP contribution is 2.18. The summed E-state index contributed by atoms with van der Waals surface area (Å²) in [5.74, 6) is 0.517. The number of likely N-dealkylation sites (tertiary alicyclic amines) is 1. The number of piperidine rings is 1. The average Bonchev–Trinajstić information content (AvgIpc) is 2.16. The van der Waals surface area contributed by atoms with Crippen LogP contribution in [-0.4, -0.2) is 42.9 Å². The molecule has 0 N–H and O–H groups in total. The SMILES string of the molecule is CN=CC1CCN(C(=O)OC(C)(C)C)CC1. The van der Waals surface area contributed by atoms with Gasteiger partial charge in [0, 0.05) is 26.4 Å². The van der Waals surface area contributed by atoms with E-state index in [1.807, 2.05) is 27.0 Å². The molecule has 1 aliphatic heterocycles. The second kappa shape index (κ2) is 5.32. The molecule has 0 atom stereocenters. The minimum absolute atomic E-state index is 0.195. The molecular weight excluding hydrogens is 204 g/mol. The molecule has 0 saturated carbocycles. The van der Waals surface area contributed by atoms with Crippen LogP contribution < -0.4 is 0 Å². The molecule has 1 fully saturated rings. The fourth-order valence-corrected chi connectivity index (χ4v) is 1.77. The minimum atomic E-state index is -0.404. The Morgan fingerprint density at radius 3 is 2.38 bits per heavy atom. The summed E-state index contributed by atoms with van der Waals surface area (Å²) in [6, 6.07) is 0. The molecule has 0 unspecified atom stereocenters. The molecular formula is C12H22N2O2. The standard InChI is InChI=1S/C12H22N2O2/c1-12(2,3)16-11(15)14-7-5-10(6-8-14)9-13-4/h9-10H,5-8H2,1-4H3. The van der Waals surface area contributed by atoms with Crippen LogP contribution in [0.15, 0.2) is 4.99 Å². The lowest BCUT2D eigenvalue weighted by molar-refractivity contribution is 0.0203. The minimum Gasteiger partial charge on any atom is -0.444 e. The highest BCUT2D eigenvalue weighted by molar-refractivity contribution is 5.69. The number of aliphatic imine (C=N–C) groups is 1. The van der Waals surface area contributed by atoms with Crippen molar-refractivity contribution in [2.24, 2.45) is 10.9 Å². The number of amides is 1. The third-order valence-electron chi connectivity index (χ3n) is 2.55. The average molecular weight is 226 g/mol. The van der Waals surface area contributed by atoms with E-state index in [1.165, 1.54) is 0 Å². The van der Waals surface area contributed by atoms with E-state index < -0.39 is 5.60 Å². The summed E-state index contributed by atoms with van der Waals surface area (Å²) in [4.78, 5) is 17.6. The van der Waals surface area contributed by atoms with Crippen LogP contribution in [0.4, 0.5) is 4.79 Å². The summed E-state index contributed by atoms with van der Waals surface area (Å²) >= 11 is 0. The van der Waals surface area contributed by atoms with Gasteiger partial charge in [0.2, 0.25) is 0 Å². The van der Waals surface area contributed by atoms with E-state index in [-0.39, 0.29) is 6.09 Å². The largest absolute Gasteiger partial charge is 0.444 e. The molecule has 0 aromatic carbocycles. The molecule has 1 saturated heterocycles. The van der Waals surface area contributed by atoms with Gasteiger partial charge in [-0.1, -0.05) is 0 Å². The van der Waals surface area contributed by atoms with E-state index in [4.69, 9.17) is 4.74 Å². The van der Waals surface area contributed by atoms with Crippen molar-refractivity contribution in [3.05, 3.63) is 0 Å². The van der Waals surface area contributed by atoms with Gasteiger partial charge in [0.05, 0.1) is 0 Å². The lowest BCUT2D eigenvalue weighted by Gasteiger charge is -2.32. The predicted molar refractivity (Wildman–Crippen MR) is 64.9 cm³/mol. The monoisotopic (exact) mass is 226 g/mol. The summed E-state index contributed by atoms with van der Waals surface area (Å²) in [5, 5.41) is 0. The predicted octanol–water partition coefficient (Wildman–Crippen LogP) is 2.33. The summed E-state index contributed by atoms with van der Waals surface area (Å²) in [7, 11) is 1.79. The van der Waals surface area contributed by atoms with Gasteiger partial charge in [-0.3, -0.25) is 0 Å². The molecule has 1 amide bonds. The zero-order valence-electron chi connectivity index (χ0n) is 10.7. The maximum atomic E-state index is 11.7. The second-order valence-electron chi connectivity index (χ2n) is 5.21. The van der Waals surface area contributed by atoms with Crippen molar-refractivity contribution >= 4 is 12.3 Å². The van der Waals surface area contributed by atoms with Crippen LogP contribution in [0.3, 0.4) is 0 Å². The third kappa shape index (κ3) is 4.21. The van der Waals surface area contributed by atoms with E-state index in [9.17, 15) is 4.79 Å². The Bertz CT molecular complexity index is 261. The highest BCUT2D eigenvalue weighted by Gasteiger charge is 2.25. The van der Waals surface area contributed by atoms with Gasteiger partial charge in [-0.25, -0.2) is 4.79 Å². The number of rotatable bonds is 1. The van der Waals surface area contributed by atoms with Crippen LogP contribution in [0.5, 0.6) is 0 Å². The smallest absolute Gasteiger partial charge is 0.410 e. The molecule has 4 heteroatoms. The van der Waals surface area contributed by atoms with Crippen molar-refractivity contribution in [3.63, 3.8) is 0 Å². The molecule has 16 heavy (non-hydrogen) atoms. The molecule has 0 aromatic heterocycles. The Hall–Kier alpha value is -1.06. The zero-order valence-corrected chi connectivity index (χ0v) is 10.7. The molecule has 0 aromatic rings. The van der Waals surface area contributed by atoms with Gasteiger partial charge in [-0.2, -0.15) is 0 Å². The van der Waals surface area contributed by atoms with E-state index >= 15 is 0 Å². The Morgan fingerprint density at radius 2 is 1.94 bits per heavy atom. The van der Waals surface area contributed by atoms with Crippen LogP contribution >= 0.6 is 0 Å². The van der Waals surface area contributed by atoms with E-state index in [2.05, 4.69) is 4.99 Å². The van der Waals surface area contributed by atoms with Crippen LogP contribution in [0, 0.1) is 5.92 Å². The van der Waals surface area contributed by atoms with Gasteiger partial charge in [0.15, 0.2) is 0 Å². The Kier molecular flexibility index (Phi) is 4.33. The maximum Gasteiger partial charge on any atom is 0.410 e. The first-order valence-electron chi connectivity index (χ1n) is 5.82. The van der Waals surface area contributed by atoms with Crippen molar-refractivity contribution < 1.29 is 9.53 Å². The number of ether oxygens (including phenoxy) is 1. The Labute approximate surface area is 97.7 Å². The lowest BCUT2D eigenvalue weighted by atomic mass is 9.98. The van der Waals surface area contributed by atoms with Gasteiger partial charge >= 0.3 is 6.09 Å². The van der Waals surface area contributed by atoms with Gasteiger partial charge in [0.1, 0.15) is 5.60 Å². The molecule has 1 rings (SSSR count). The first-order valence-corrected chi connectivity index (χ1v) is 5.82. The Balaban J connectivity index is 2.39. The highest BCUT2D eigenvalue weighted by atomic mass is 16.6. The normalized spacial score (nSPS) is 19.1. The van der Waals surface area contributed by atoms with E-state index in [0.29, 0.717) is 5.92 Å². The van der Waals surface area contributed by atoms with Gasteiger partial charge < -0.3 is 14.6 Å². The first-order chi connectivity index (χ1) is 7.42. The van der Waals surface area contributed by atoms with E-state index in [0.717, 1.165) is 25.9 Å². The zero-order chi connectivity index (χ0) is 12.2. The summed E-state index contributed by atoms with van der Waals surface area (Å²) in [6.07, 6.45) is 3.75. The fourth-order valence-electron chi connectivity index (χ4n) is 1.77. The van der Waals surface area contributed by atoms with Crippen molar-refractivity contribution in [2.75, 3.05) is 20.1 Å². The second-order valence-corrected chi connectivity index (χ2v) is 5.21. The van der Waals surface area contributed by atoms with Gasteiger partial charge in [-0.05, 0) is 39.5 Å². The maximum absolute atomic E-state index is 11.7. The number of hydrogen-bond acceptors (Lipinski definition) is 3. The van der Waals surface area contributed by atoms with Crippen LogP contribution in [0.1, 0.15) is 33.6 Å². The number of carbonyl (C=O) groups excluding carboxylic acids is 1. The first kappa shape index (κ1) is 13.0. The number of nitrogens with zero attached hydrogens (tertiary/aromatic N) is 2.